The second kappa shape index (κ2) is 8.78. The number of hydrogen-bond donors (Lipinski definition) is 1. The molecule has 0 aliphatic carbocycles. The van der Waals surface area contributed by atoms with Crippen LogP contribution in [0.5, 0.6) is 5.75 Å². The van der Waals surface area contributed by atoms with Crippen molar-refractivity contribution in [3.8, 4) is 5.75 Å². The number of ether oxygens (including phenoxy) is 1. The number of hydrogen-bond acceptors (Lipinski definition) is 5. The van der Waals surface area contributed by atoms with Crippen molar-refractivity contribution in [1.82, 2.24) is 0 Å². The van der Waals surface area contributed by atoms with Gasteiger partial charge in [0.25, 0.3) is 11.7 Å². The zero-order valence-electron chi connectivity index (χ0n) is 17.4. The highest BCUT2D eigenvalue weighted by atomic mass is 32.1. The molecule has 1 saturated heterocycles. The molecule has 5 nitrogen and oxygen atoms in total. The minimum atomic E-state index is -0.697. The number of carbonyl (C=O) groups is 2. The topological polar surface area (TPSA) is 66.8 Å². The van der Waals surface area contributed by atoms with Crippen molar-refractivity contribution in [2.45, 2.75) is 26.3 Å². The second-order valence-electron chi connectivity index (χ2n) is 7.17. The Morgan fingerprint density at radius 2 is 1.84 bits per heavy atom. The summed E-state index contributed by atoms with van der Waals surface area (Å²) in [5.41, 5.74) is 2.29. The summed E-state index contributed by atoms with van der Waals surface area (Å²) in [5, 5.41) is 13.0. The molecule has 0 spiro atoms. The van der Waals surface area contributed by atoms with E-state index in [-0.39, 0.29) is 11.3 Å². The van der Waals surface area contributed by atoms with E-state index < -0.39 is 17.7 Å². The van der Waals surface area contributed by atoms with Crippen LogP contribution in [0.4, 0.5) is 5.69 Å². The molecule has 2 heterocycles. The molecule has 1 unspecified atom stereocenters. The SMILES string of the molecule is CCOc1cccc(/C(O)=C2/C(=O)C(=O)N(c3ccc(CC)cc3)C2c2cccs2)c1. The lowest BCUT2D eigenvalue weighted by Crippen LogP contribution is -2.29. The van der Waals surface area contributed by atoms with Crippen LogP contribution in [-0.2, 0) is 16.0 Å². The van der Waals surface area contributed by atoms with Gasteiger partial charge in [-0.05, 0) is 54.6 Å². The fourth-order valence-corrected chi connectivity index (χ4v) is 4.59. The minimum absolute atomic E-state index is 0.0840. The van der Waals surface area contributed by atoms with Crippen molar-refractivity contribution in [3.63, 3.8) is 0 Å². The Labute approximate surface area is 185 Å². The highest BCUT2D eigenvalue weighted by Crippen LogP contribution is 2.43. The van der Waals surface area contributed by atoms with Gasteiger partial charge in [-0.2, -0.15) is 0 Å². The quantitative estimate of drug-likeness (QED) is 0.324. The van der Waals surface area contributed by atoms with Crippen molar-refractivity contribution in [2.24, 2.45) is 0 Å². The van der Waals surface area contributed by atoms with Crippen molar-refractivity contribution < 1.29 is 19.4 Å². The first-order valence-electron chi connectivity index (χ1n) is 10.2. The molecule has 6 heteroatoms. The zero-order chi connectivity index (χ0) is 22.0. The number of anilines is 1. The molecule has 0 bridgehead atoms. The molecule has 0 radical (unpaired) electrons. The molecule has 1 aliphatic rings. The monoisotopic (exact) mass is 433 g/mol. The number of ketones is 1. The molecule has 2 aromatic carbocycles. The van der Waals surface area contributed by atoms with Gasteiger partial charge in [-0.3, -0.25) is 14.5 Å². The van der Waals surface area contributed by atoms with Crippen LogP contribution in [0.25, 0.3) is 5.76 Å². The van der Waals surface area contributed by atoms with Crippen LogP contribution >= 0.6 is 11.3 Å². The number of thiophene rings is 1. The van der Waals surface area contributed by atoms with Gasteiger partial charge in [-0.15, -0.1) is 11.3 Å². The summed E-state index contributed by atoms with van der Waals surface area (Å²) >= 11 is 1.44. The van der Waals surface area contributed by atoms with Gasteiger partial charge >= 0.3 is 0 Å². The smallest absolute Gasteiger partial charge is 0.300 e. The Kier molecular flexibility index (Phi) is 5.91. The average molecular weight is 434 g/mol. The fraction of sp³-hybridized carbons (Fsp3) is 0.200. The number of aliphatic hydroxyl groups is 1. The molecule has 31 heavy (non-hydrogen) atoms. The third-order valence-electron chi connectivity index (χ3n) is 5.30. The minimum Gasteiger partial charge on any atom is -0.507 e. The predicted molar refractivity (Wildman–Crippen MR) is 123 cm³/mol. The molecule has 1 aliphatic heterocycles. The molecular formula is C25H23NO4S. The van der Waals surface area contributed by atoms with E-state index in [4.69, 9.17) is 4.74 Å². The Balaban J connectivity index is 1.86. The standard InChI is InChI=1S/C25H23NO4S/c1-3-16-10-12-18(13-11-16)26-22(20-9-6-14-31-20)21(24(28)25(26)29)23(27)17-7-5-8-19(15-17)30-4-2/h5-15,22,27H,3-4H2,1-2H3/b23-21-. The van der Waals surface area contributed by atoms with Gasteiger partial charge in [0.15, 0.2) is 0 Å². The van der Waals surface area contributed by atoms with E-state index in [1.54, 1.807) is 24.3 Å². The van der Waals surface area contributed by atoms with Crippen molar-refractivity contribution in [3.05, 3.63) is 87.6 Å². The van der Waals surface area contributed by atoms with E-state index in [9.17, 15) is 14.7 Å². The number of aryl methyl sites for hydroxylation is 1. The number of nitrogens with zero attached hydrogens (tertiary/aromatic N) is 1. The molecule has 3 aromatic rings. The number of Topliss-reactive ketones (excluding diaryl/α,β-unsaturated/α-hetero) is 1. The lowest BCUT2D eigenvalue weighted by molar-refractivity contribution is -0.132. The van der Waals surface area contributed by atoms with Crippen LogP contribution in [0.2, 0.25) is 0 Å². The summed E-state index contributed by atoms with van der Waals surface area (Å²) in [5.74, 6) is -0.961. The summed E-state index contributed by atoms with van der Waals surface area (Å²) in [6.07, 6.45) is 0.879. The van der Waals surface area contributed by atoms with Gasteiger partial charge in [-0.25, -0.2) is 0 Å². The molecule has 1 N–H and O–H groups in total. The molecule has 1 fully saturated rings. The Morgan fingerprint density at radius 1 is 1.06 bits per heavy atom. The van der Waals surface area contributed by atoms with Crippen LogP contribution in [0.3, 0.4) is 0 Å². The van der Waals surface area contributed by atoms with E-state index in [1.165, 1.54) is 16.2 Å². The summed E-state index contributed by atoms with van der Waals surface area (Å²) in [4.78, 5) is 28.5. The van der Waals surface area contributed by atoms with Gasteiger partial charge < -0.3 is 9.84 Å². The maximum absolute atomic E-state index is 13.1. The van der Waals surface area contributed by atoms with Crippen LogP contribution in [-0.4, -0.2) is 23.4 Å². The first-order chi connectivity index (χ1) is 15.0. The lowest BCUT2D eigenvalue weighted by Gasteiger charge is -2.24. The fourth-order valence-electron chi connectivity index (χ4n) is 3.76. The van der Waals surface area contributed by atoms with E-state index in [2.05, 4.69) is 6.92 Å². The maximum atomic E-state index is 13.1. The molecule has 158 valence electrons. The van der Waals surface area contributed by atoms with E-state index in [1.807, 2.05) is 48.7 Å². The summed E-state index contributed by atoms with van der Waals surface area (Å²) < 4.78 is 5.52. The van der Waals surface area contributed by atoms with Gasteiger partial charge in [-0.1, -0.05) is 37.3 Å². The van der Waals surface area contributed by atoms with Crippen LogP contribution in [0.15, 0.2) is 71.6 Å². The second-order valence-corrected chi connectivity index (χ2v) is 8.14. The van der Waals surface area contributed by atoms with E-state index >= 15 is 0 Å². The number of benzene rings is 2. The van der Waals surface area contributed by atoms with Gasteiger partial charge in [0.05, 0.1) is 12.2 Å². The normalized spacial score (nSPS) is 17.9. The average Bonchev–Trinajstić information content (AvgIpc) is 3.41. The van der Waals surface area contributed by atoms with Crippen molar-refractivity contribution in [1.29, 1.82) is 0 Å². The van der Waals surface area contributed by atoms with Crippen LogP contribution in [0, 0.1) is 0 Å². The van der Waals surface area contributed by atoms with Crippen LogP contribution in [0.1, 0.15) is 35.9 Å². The third kappa shape index (κ3) is 3.86. The van der Waals surface area contributed by atoms with Crippen LogP contribution < -0.4 is 9.64 Å². The summed E-state index contributed by atoms with van der Waals surface area (Å²) in [7, 11) is 0. The highest BCUT2D eigenvalue weighted by Gasteiger charge is 2.47. The molecule has 1 atom stereocenters. The number of aliphatic hydroxyl groups excluding tert-OH is 1. The number of amides is 1. The van der Waals surface area contributed by atoms with Gasteiger partial charge in [0, 0.05) is 16.1 Å². The number of rotatable bonds is 6. The predicted octanol–water partition coefficient (Wildman–Crippen LogP) is 5.34. The zero-order valence-corrected chi connectivity index (χ0v) is 18.2. The van der Waals surface area contributed by atoms with Crippen molar-refractivity contribution >= 4 is 34.5 Å². The molecule has 1 amide bonds. The highest BCUT2D eigenvalue weighted by molar-refractivity contribution is 7.10. The Hall–Kier alpha value is -3.38. The molecular weight excluding hydrogens is 410 g/mol. The largest absolute Gasteiger partial charge is 0.507 e. The van der Waals surface area contributed by atoms with Crippen molar-refractivity contribution in [2.75, 3.05) is 11.5 Å². The van der Waals surface area contributed by atoms with E-state index in [0.717, 1.165) is 16.9 Å². The summed E-state index contributed by atoms with van der Waals surface area (Å²) in [6, 6.07) is 17.6. The first kappa shape index (κ1) is 20.9. The number of carbonyl (C=O) groups excluding carboxylic acids is 2. The first-order valence-corrected chi connectivity index (χ1v) is 11.1. The molecule has 0 saturated carbocycles. The lowest BCUT2D eigenvalue weighted by atomic mass is 9.99. The maximum Gasteiger partial charge on any atom is 0.300 e. The third-order valence-corrected chi connectivity index (χ3v) is 6.22. The Morgan fingerprint density at radius 3 is 2.48 bits per heavy atom. The van der Waals surface area contributed by atoms with E-state index in [0.29, 0.717) is 23.6 Å². The molecule has 1 aromatic heterocycles. The Bertz CT molecular complexity index is 1130. The van der Waals surface area contributed by atoms with Gasteiger partial charge in [0.1, 0.15) is 17.6 Å². The summed E-state index contributed by atoms with van der Waals surface area (Å²) in [6.45, 7) is 4.42. The molecule has 4 rings (SSSR count). The van der Waals surface area contributed by atoms with Gasteiger partial charge in [0.2, 0.25) is 0 Å².